The minimum atomic E-state index is -0.990. The van der Waals surface area contributed by atoms with E-state index in [2.05, 4.69) is 0 Å². The molecule has 1 aromatic rings. The number of fused-ring (bicyclic) bond motifs is 1. The van der Waals surface area contributed by atoms with Crippen molar-refractivity contribution in [1.82, 2.24) is 9.80 Å². The molecule has 8 heteroatoms. The summed E-state index contributed by atoms with van der Waals surface area (Å²) in [4.78, 5) is 50.4. The van der Waals surface area contributed by atoms with E-state index in [0.29, 0.717) is 6.42 Å². The molecule has 2 atom stereocenters. The average Bonchev–Trinajstić information content (AvgIpc) is 3.08. The molecular weight excluding hydrogens is 328 g/mol. The summed E-state index contributed by atoms with van der Waals surface area (Å²) in [5, 5.41) is 9.06. The molecule has 2 aliphatic heterocycles. The van der Waals surface area contributed by atoms with Crippen LogP contribution in [0.15, 0.2) is 18.2 Å². The van der Waals surface area contributed by atoms with Crippen molar-refractivity contribution in [2.75, 3.05) is 20.7 Å². The normalized spacial score (nSPS) is 22.5. The lowest BCUT2D eigenvalue weighted by Gasteiger charge is -2.23. The maximum Gasteiger partial charge on any atom is 0.305 e. The zero-order chi connectivity index (χ0) is 18.3. The van der Waals surface area contributed by atoms with E-state index in [1.54, 1.807) is 0 Å². The van der Waals surface area contributed by atoms with Gasteiger partial charge in [-0.05, 0) is 24.6 Å². The Kier molecular flexibility index (Phi) is 4.30. The molecule has 0 spiro atoms. The number of carbonyl (C=O) groups is 4. The molecule has 2 aliphatic rings. The molecule has 8 nitrogen and oxygen atoms in total. The van der Waals surface area contributed by atoms with Crippen LogP contribution in [0, 0.1) is 0 Å². The van der Waals surface area contributed by atoms with Gasteiger partial charge in [-0.2, -0.15) is 0 Å². The van der Waals surface area contributed by atoms with E-state index in [1.807, 2.05) is 0 Å². The van der Waals surface area contributed by atoms with Gasteiger partial charge in [0.15, 0.2) is 0 Å². The van der Waals surface area contributed by atoms with Gasteiger partial charge in [-0.1, -0.05) is 0 Å². The largest absolute Gasteiger partial charge is 0.481 e. The summed E-state index contributed by atoms with van der Waals surface area (Å²) >= 11 is 0. The SMILES string of the molecule is COC1CC(CC(=O)O)N(C(=O)c2ccc3c(c2)C(=O)N(C)C3=O)C1. The number of carboxylic acids is 1. The summed E-state index contributed by atoms with van der Waals surface area (Å²) in [6, 6.07) is 3.88. The van der Waals surface area contributed by atoms with Crippen LogP contribution >= 0.6 is 0 Å². The Hall–Kier alpha value is -2.74. The van der Waals surface area contributed by atoms with E-state index in [4.69, 9.17) is 9.84 Å². The lowest BCUT2D eigenvalue weighted by Crippen LogP contribution is -2.37. The summed E-state index contributed by atoms with van der Waals surface area (Å²) in [6.45, 7) is 0.289. The highest BCUT2D eigenvalue weighted by Crippen LogP contribution is 2.27. The van der Waals surface area contributed by atoms with Gasteiger partial charge in [0.2, 0.25) is 0 Å². The predicted molar refractivity (Wildman–Crippen MR) is 85.4 cm³/mol. The van der Waals surface area contributed by atoms with Crippen molar-refractivity contribution in [3.63, 3.8) is 0 Å². The summed E-state index contributed by atoms with van der Waals surface area (Å²) in [5.74, 6) is -2.21. The zero-order valence-corrected chi connectivity index (χ0v) is 13.9. The molecule has 1 saturated heterocycles. The Morgan fingerprint density at radius 1 is 1.24 bits per heavy atom. The molecule has 0 radical (unpaired) electrons. The number of imide groups is 1. The van der Waals surface area contributed by atoms with Gasteiger partial charge in [0.05, 0.1) is 23.7 Å². The summed E-state index contributed by atoms with van der Waals surface area (Å²) in [7, 11) is 2.91. The molecule has 0 aliphatic carbocycles. The highest BCUT2D eigenvalue weighted by Gasteiger charge is 2.38. The van der Waals surface area contributed by atoms with E-state index in [1.165, 1.54) is 37.3 Å². The number of ether oxygens (including phenoxy) is 1. The van der Waals surface area contributed by atoms with Crippen LogP contribution in [0.2, 0.25) is 0 Å². The lowest BCUT2D eigenvalue weighted by molar-refractivity contribution is -0.138. The number of hydrogen-bond acceptors (Lipinski definition) is 5. The molecule has 1 fully saturated rings. The van der Waals surface area contributed by atoms with Gasteiger partial charge < -0.3 is 14.7 Å². The van der Waals surface area contributed by atoms with Gasteiger partial charge in [-0.25, -0.2) is 0 Å². The first-order chi connectivity index (χ1) is 11.8. The highest BCUT2D eigenvalue weighted by molar-refractivity contribution is 6.21. The standard InChI is InChI=1S/C17H18N2O6/c1-18-16(23)12-4-3-9(5-13(12)17(18)24)15(22)19-8-11(25-2)6-10(19)7-14(20)21/h3-5,10-11H,6-8H2,1-2H3,(H,20,21). The van der Waals surface area contributed by atoms with Crippen LogP contribution in [-0.4, -0.2) is 71.4 Å². The molecule has 132 valence electrons. The predicted octanol–water partition coefficient (Wildman–Crippen LogP) is 0.617. The summed E-state index contributed by atoms with van der Waals surface area (Å²) in [6.07, 6.45) is 0.0492. The first-order valence-electron chi connectivity index (χ1n) is 7.85. The Bertz CT molecular complexity index is 774. The van der Waals surface area contributed by atoms with Crippen LogP contribution < -0.4 is 0 Å². The maximum atomic E-state index is 12.8. The second-order valence-electron chi connectivity index (χ2n) is 6.23. The van der Waals surface area contributed by atoms with E-state index in [0.717, 1.165) is 4.90 Å². The second kappa shape index (κ2) is 6.29. The molecule has 0 aromatic heterocycles. The number of carbonyl (C=O) groups excluding carboxylic acids is 3. The van der Waals surface area contributed by atoms with Crippen LogP contribution in [0.5, 0.6) is 0 Å². The number of amides is 3. The van der Waals surface area contributed by atoms with Crippen molar-refractivity contribution in [3.8, 4) is 0 Å². The van der Waals surface area contributed by atoms with Crippen molar-refractivity contribution in [1.29, 1.82) is 0 Å². The van der Waals surface area contributed by atoms with Crippen LogP contribution in [0.3, 0.4) is 0 Å². The van der Waals surface area contributed by atoms with Crippen molar-refractivity contribution >= 4 is 23.7 Å². The minimum absolute atomic E-state index is 0.170. The molecule has 25 heavy (non-hydrogen) atoms. The number of benzene rings is 1. The first kappa shape index (κ1) is 17.1. The van der Waals surface area contributed by atoms with Crippen LogP contribution in [0.1, 0.15) is 43.9 Å². The van der Waals surface area contributed by atoms with Crippen LogP contribution in [0.25, 0.3) is 0 Å². The third-order valence-corrected chi connectivity index (χ3v) is 4.72. The average molecular weight is 346 g/mol. The minimum Gasteiger partial charge on any atom is -0.481 e. The van der Waals surface area contributed by atoms with Gasteiger partial charge in [-0.3, -0.25) is 24.1 Å². The van der Waals surface area contributed by atoms with Crippen molar-refractivity contribution < 1.29 is 29.0 Å². The maximum absolute atomic E-state index is 12.8. The van der Waals surface area contributed by atoms with Gasteiger partial charge in [0, 0.05) is 32.3 Å². The number of likely N-dealkylation sites (tertiary alicyclic amines) is 1. The fourth-order valence-corrected chi connectivity index (χ4v) is 3.35. The highest BCUT2D eigenvalue weighted by atomic mass is 16.5. The molecule has 0 saturated carbocycles. The third kappa shape index (κ3) is 2.89. The number of hydrogen-bond donors (Lipinski definition) is 1. The van der Waals surface area contributed by atoms with Crippen LogP contribution in [0.4, 0.5) is 0 Å². The number of nitrogens with zero attached hydrogens (tertiary/aromatic N) is 2. The van der Waals surface area contributed by atoms with Gasteiger partial charge in [-0.15, -0.1) is 0 Å². The lowest BCUT2D eigenvalue weighted by atomic mass is 10.0. The first-order valence-corrected chi connectivity index (χ1v) is 7.85. The van der Waals surface area contributed by atoms with E-state index < -0.39 is 23.8 Å². The van der Waals surface area contributed by atoms with Crippen molar-refractivity contribution in [2.24, 2.45) is 0 Å². The van der Waals surface area contributed by atoms with E-state index in [-0.39, 0.29) is 41.7 Å². The molecule has 0 bridgehead atoms. The van der Waals surface area contributed by atoms with Gasteiger partial charge in [0.1, 0.15) is 0 Å². The molecule has 2 unspecified atom stereocenters. The summed E-state index contributed by atoms with van der Waals surface area (Å²) < 4.78 is 5.27. The Labute approximate surface area is 144 Å². The Morgan fingerprint density at radius 3 is 2.56 bits per heavy atom. The quantitative estimate of drug-likeness (QED) is 0.802. The number of carboxylic acid groups (broad SMARTS) is 1. The monoisotopic (exact) mass is 346 g/mol. The van der Waals surface area contributed by atoms with Gasteiger partial charge >= 0.3 is 5.97 Å². The van der Waals surface area contributed by atoms with Crippen molar-refractivity contribution in [2.45, 2.75) is 25.0 Å². The molecule has 1 aromatic carbocycles. The van der Waals surface area contributed by atoms with Crippen molar-refractivity contribution in [3.05, 3.63) is 34.9 Å². The Balaban J connectivity index is 1.89. The summed E-state index contributed by atoms with van der Waals surface area (Å²) in [5.41, 5.74) is 0.709. The fourth-order valence-electron chi connectivity index (χ4n) is 3.35. The molecule has 3 amide bonds. The third-order valence-electron chi connectivity index (χ3n) is 4.72. The zero-order valence-electron chi connectivity index (χ0n) is 13.9. The molecule has 1 N–H and O–H groups in total. The molecular formula is C17H18N2O6. The molecule has 3 rings (SSSR count). The van der Waals surface area contributed by atoms with E-state index in [9.17, 15) is 19.2 Å². The number of aliphatic carboxylic acids is 1. The van der Waals surface area contributed by atoms with Crippen LogP contribution in [-0.2, 0) is 9.53 Å². The number of rotatable bonds is 4. The van der Waals surface area contributed by atoms with E-state index >= 15 is 0 Å². The fraction of sp³-hybridized carbons (Fsp3) is 0.412. The number of methoxy groups -OCH3 is 1. The van der Waals surface area contributed by atoms with Gasteiger partial charge in [0.25, 0.3) is 17.7 Å². The Morgan fingerprint density at radius 2 is 1.92 bits per heavy atom. The smallest absolute Gasteiger partial charge is 0.305 e. The topological polar surface area (TPSA) is 104 Å². The molecule has 2 heterocycles. The second-order valence-corrected chi connectivity index (χ2v) is 6.23.